The number of nitrogens with two attached hydrogens (primary N) is 1. The molecule has 0 radical (unpaired) electrons. The number of thiol groups is 1. The van der Waals surface area contributed by atoms with E-state index in [2.05, 4.69) is 28.2 Å². The Morgan fingerprint density at radius 3 is 2.45 bits per heavy atom. The van der Waals surface area contributed by atoms with Gasteiger partial charge in [-0.25, -0.2) is 4.79 Å². The zero-order valence-corrected chi connectivity index (χ0v) is 17.4. The fourth-order valence-corrected chi connectivity index (χ4v) is 3.22. The van der Waals surface area contributed by atoms with Gasteiger partial charge in [-0.1, -0.05) is 38.5 Å². The van der Waals surface area contributed by atoms with Crippen molar-refractivity contribution >= 4 is 41.3 Å². The normalized spacial score (nSPS) is 15.3. The van der Waals surface area contributed by atoms with E-state index in [1.807, 2.05) is 38.1 Å². The van der Waals surface area contributed by atoms with Gasteiger partial charge in [-0.05, 0) is 17.5 Å². The Morgan fingerprint density at radius 1 is 1.17 bits per heavy atom. The molecule has 0 aliphatic rings. The van der Waals surface area contributed by atoms with Crippen molar-refractivity contribution in [2.24, 2.45) is 11.7 Å². The van der Waals surface area contributed by atoms with E-state index in [1.54, 1.807) is 6.20 Å². The van der Waals surface area contributed by atoms with Crippen molar-refractivity contribution in [2.45, 2.75) is 44.8 Å². The molecule has 2 rings (SSSR count). The van der Waals surface area contributed by atoms with Gasteiger partial charge in [-0.15, -0.1) is 0 Å². The summed E-state index contributed by atoms with van der Waals surface area (Å²) >= 11 is 3.97. The largest absolute Gasteiger partial charge is 0.480 e. The summed E-state index contributed by atoms with van der Waals surface area (Å²) in [4.78, 5) is 39.8. The lowest BCUT2D eigenvalue weighted by Gasteiger charge is -2.24. The van der Waals surface area contributed by atoms with Gasteiger partial charge in [0.2, 0.25) is 11.8 Å². The molecule has 6 N–H and O–H groups in total. The molecule has 2 amide bonds. The molecule has 1 aromatic heterocycles. The van der Waals surface area contributed by atoms with Crippen molar-refractivity contribution in [1.82, 2.24) is 15.6 Å². The highest BCUT2D eigenvalue weighted by Gasteiger charge is 2.29. The second-order valence-corrected chi connectivity index (χ2v) is 7.48. The first-order valence-corrected chi connectivity index (χ1v) is 10.2. The average molecular weight is 421 g/mol. The lowest BCUT2D eigenvalue weighted by Crippen LogP contribution is -2.56. The third kappa shape index (κ3) is 5.74. The minimum atomic E-state index is -1.19. The van der Waals surface area contributed by atoms with E-state index in [4.69, 9.17) is 5.73 Å². The van der Waals surface area contributed by atoms with Gasteiger partial charge >= 0.3 is 5.97 Å². The van der Waals surface area contributed by atoms with E-state index < -0.39 is 35.9 Å². The Morgan fingerprint density at radius 2 is 1.83 bits per heavy atom. The van der Waals surface area contributed by atoms with Crippen LogP contribution in [0.2, 0.25) is 0 Å². The first-order valence-electron chi connectivity index (χ1n) is 9.53. The van der Waals surface area contributed by atoms with Gasteiger partial charge in [0.05, 0.1) is 6.04 Å². The van der Waals surface area contributed by atoms with Gasteiger partial charge in [0, 0.05) is 29.3 Å². The molecule has 0 saturated heterocycles. The number of para-hydroxylation sites is 1. The number of carbonyl (C=O) groups excluding carboxylic acids is 2. The molecule has 158 valence electrons. The Hall–Kier alpha value is -2.52. The van der Waals surface area contributed by atoms with E-state index in [0.29, 0.717) is 6.42 Å². The number of aromatic amines is 1. The van der Waals surface area contributed by atoms with Gasteiger partial charge in [-0.2, -0.15) is 12.6 Å². The fraction of sp³-hybridized carbons (Fsp3) is 0.450. The van der Waals surface area contributed by atoms with Crippen LogP contribution < -0.4 is 16.4 Å². The minimum Gasteiger partial charge on any atom is -0.480 e. The molecule has 8 nitrogen and oxygen atoms in total. The van der Waals surface area contributed by atoms with Crippen molar-refractivity contribution < 1.29 is 19.5 Å². The monoisotopic (exact) mass is 420 g/mol. The van der Waals surface area contributed by atoms with Crippen molar-refractivity contribution in [1.29, 1.82) is 0 Å². The molecule has 0 saturated carbocycles. The Bertz CT molecular complexity index is 869. The average Bonchev–Trinajstić information content (AvgIpc) is 3.12. The van der Waals surface area contributed by atoms with E-state index in [0.717, 1.165) is 16.5 Å². The number of amides is 2. The number of aliphatic carboxylic acids is 1. The lowest BCUT2D eigenvalue weighted by atomic mass is 9.98. The van der Waals surface area contributed by atoms with E-state index in [-0.39, 0.29) is 18.1 Å². The van der Waals surface area contributed by atoms with Gasteiger partial charge in [0.25, 0.3) is 0 Å². The Kier molecular flexibility index (Phi) is 8.10. The van der Waals surface area contributed by atoms with Crippen LogP contribution in [0.3, 0.4) is 0 Å². The number of rotatable bonds is 10. The molecule has 0 aliphatic carbocycles. The molecule has 0 unspecified atom stereocenters. The smallest absolute Gasteiger partial charge is 0.327 e. The predicted molar refractivity (Wildman–Crippen MR) is 115 cm³/mol. The maximum Gasteiger partial charge on any atom is 0.327 e. The van der Waals surface area contributed by atoms with Crippen molar-refractivity contribution in [2.75, 3.05) is 5.75 Å². The van der Waals surface area contributed by atoms with Crippen LogP contribution in [0.5, 0.6) is 0 Å². The zero-order valence-electron chi connectivity index (χ0n) is 16.5. The zero-order chi connectivity index (χ0) is 21.6. The maximum atomic E-state index is 12.8. The SMILES string of the molecule is CC[C@H](C)[C@H](N)C(=O)N[C@@H](Cc1c[nH]c2ccccc12)C(=O)N[C@@H](CS)C(=O)O. The van der Waals surface area contributed by atoms with Crippen LogP contribution in [0.25, 0.3) is 10.9 Å². The van der Waals surface area contributed by atoms with Gasteiger partial charge in [-0.3, -0.25) is 9.59 Å². The molecule has 2 aromatic rings. The van der Waals surface area contributed by atoms with Crippen molar-refractivity contribution in [3.8, 4) is 0 Å². The summed E-state index contributed by atoms with van der Waals surface area (Å²) < 4.78 is 0. The highest BCUT2D eigenvalue weighted by molar-refractivity contribution is 7.80. The molecule has 29 heavy (non-hydrogen) atoms. The second-order valence-electron chi connectivity index (χ2n) is 7.12. The highest BCUT2D eigenvalue weighted by Crippen LogP contribution is 2.19. The predicted octanol–water partition coefficient (Wildman–Crippen LogP) is 1.07. The first-order chi connectivity index (χ1) is 13.8. The summed E-state index contributed by atoms with van der Waals surface area (Å²) in [7, 11) is 0. The summed E-state index contributed by atoms with van der Waals surface area (Å²) in [6.07, 6.45) is 2.68. The van der Waals surface area contributed by atoms with Crippen LogP contribution >= 0.6 is 12.6 Å². The van der Waals surface area contributed by atoms with Crippen LogP contribution in [0.15, 0.2) is 30.5 Å². The number of carbonyl (C=O) groups is 3. The summed E-state index contributed by atoms with van der Waals surface area (Å²) in [5.41, 5.74) is 7.74. The van der Waals surface area contributed by atoms with Crippen LogP contribution in [-0.4, -0.2) is 51.8 Å². The quantitative estimate of drug-likeness (QED) is 0.319. The number of hydrogen-bond acceptors (Lipinski definition) is 5. The summed E-state index contributed by atoms with van der Waals surface area (Å²) in [5, 5.41) is 15.3. The number of carboxylic acid groups (broad SMARTS) is 1. The summed E-state index contributed by atoms with van der Waals surface area (Å²) in [6.45, 7) is 3.79. The number of hydrogen-bond donors (Lipinski definition) is 6. The fourth-order valence-electron chi connectivity index (χ4n) is 2.97. The molecule has 0 spiro atoms. The van der Waals surface area contributed by atoms with Gasteiger partial charge in [0.1, 0.15) is 12.1 Å². The van der Waals surface area contributed by atoms with Gasteiger partial charge in [0.15, 0.2) is 0 Å². The van der Waals surface area contributed by atoms with E-state index in [1.165, 1.54) is 0 Å². The number of fused-ring (bicyclic) bond motifs is 1. The molecule has 1 aromatic carbocycles. The van der Waals surface area contributed by atoms with Crippen LogP contribution in [0, 0.1) is 5.92 Å². The third-order valence-electron chi connectivity index (χ3n) is 5.09. The second kappa shape index (κ2) is 10.3. The molecule has 9 heteroatoms. The highest BCUT2D eigenvalue weighted by atomic mass is 32.1. The number of aromatic nitrogens is 1. The maximum absolute atomic E-state index is 12.8. The summed E-state index contributed by atoms with van der Waals surface area (Å²) in [6, 6.07) is 4.70. The Labute approximate surface area is 175 Å². The molecule has 1 heterocycles. The van der Waals surface area contributed by atoms with Crippen LogP contribution in [-0.2, 0) is 20.8 Å². The molecule has 0 bridgehead atoms. The van der Waals surface area contributed by atoms with Crippen LogP contribution in [0.1, 0.15) is 25.8 Å². The molecular weight excluding hydrogens is 392 g/mol. The molecule has 0 fully saturated rings. The topological polar surface area (TPSA) is 137 Å². The number of carboxylic acids is 1. The van der Waals surface area contributed by atoms with Crippen molar-refractivity contribution in [3.63, 3.8) is 0 Å². The van der Waals surface area contributed by atoms with E-state index >= 15 is 0 Å². The lowest BCUT2D eigenvalue weighted by molar-refractivity contribution is -0.141. The van der Waals surface area contributed by atoms with E-state index in [9.17, 15) is 19.5 Å². The number of nitrogens with one attached hydrogen (secondary N) is 3. The van der Waals surface area contributed by atoms with Crippen molar-refractivity contribution in [3.05, 3.63) is 36.0 Å². The summed E-state index contributed by atoms with van der Waals surface area (Å²) in [5.74, 6) is -2.36. The van der Waals surface area contributed by atoms with Crippen LogP contribution in [0.4, 0.5) is 0 Å². The first kappa shape index (κ1) is 22.8. The minimum absolute atomic E-state index is 0.0593. The Balaban J connectivity index is 2.25. The standard InChI is InChI=1S/C20H28N4O4S/c1-3-11(2)17(21)19(26)23-15(18(25)24-16(10-29)20(27)28)8-12-9-22-14-7-5-4-6-13(12)14/h4-7,9,11,15-17,22,29H,3,8,10,21H2,1-2H3,(H,23,26)(H,24,25)(H,27,28)/t11-,15-,16-,17-/m0/s1. The molecule has 0 aliphatic heterocycles. The van der Waals surface area contributed by atoms with Gasteiger partial charge < -0.3 is 26.5 Å². The third-order valence-corrected chi connectivity index (χ3v) is 5.45. The number of benzene rings is 1. The molecule has 4 atom stereocenters. The number of H-pyrrole nitrogens is 1. The molecular formula is C20H28N4O4S.